The predicted molar refractivity (Wildman–Crippen MR) is 77.9 cm³/mol. The lowest BCUT2D eigenvalue weighted by atomic mass is 10.1. The largest absolute Gasteiger partial charge is 0.481 e. The maximum absolute atomic E-state index is 12.0. The molecule has 0 amide bonds. The molecule has 0 heterocycles. The van der Waals surface area contributed by atoms with Gasteiger partial charge in [-0.25, -0.2) is 13.1 Å². The van der Waals surface area contributed by atoms with Crippen LogP contribution in [0, 0.1) is 11.3 Å². The second-order valence-corrected chi connectivity index (χ2v) is 6.63. The number of hydrogen-bond acceptors (Lipinski definition) is 4. The number of aliphatic carboxylic acids is 1. The first kappa shape index (κ1) is 17.1. The van der Waals surface area contributed by atoms with Crippen molar-refractivity contribution in [1.29, 1.82) is 5.26 Å². The fourth-order valence-corrected chi connectivity index (χ4v) is 3.35. The number of carbonyl (C=O) groups is 1. The van der Waals surface area contributed by atoms with E-state index in [0.29, 0.717) is 24.0 Å². The molecule has 1 rings (SSSR count). The smallest absolute Gasteiger partial charge is 0.303 e. The number of nitrogens with one attached hydrogen (secondary N) is 1. The lowest BCUT2D eigenvalue weighted by Crippen LogP contribution is -2.33. The zero-order chi connectivity index (χ0) is 15.9. The van der Waals surface area contributed by atoms with Crippen LogP contribution in [0.25, 0.3) is 0 Å². The van der Waals surface area contributed by atoms with E-state index in [0.717, 1.165) is 0 Å². The van der Waals surface area contributed by atoms with E-state index in [2.05, 4.69) is 4.72 Å². The first-order chi connectivity index (χ1) is 9.82. The second-order valence-electron chi connectivity index (χ2n) is 4.88. The Bertz CT molecular complexity index is 635. The Labute approximate surface area is 124 Å². The number of rotatable bonds is 8. The van der Waals surface area contributed by atoms with E-state index in [1.165, 1.54) is 6.07 Å². The highest BCUT2D eigenvalue weighted by molar-refractivity contribution is 7.88. The summed E-state index contributed by atoms with van der Waals surface area (Å²) in [5.74, 6) is -1.09. The maximum Gasteiger partial charge on any atom is 0.303 e. The molecule has 0 saturated carbocycles. The molecule has 2 N–H and O–H groups in total. The highest BCUT2D eigenvalue weighted by Crippen LogP contribution is 2.09. The number of carboxylic acids is 1. The van der Waals surface area contributed by atoms with E-state index >= 15 is 0 Å². The summed E-state index contributed by atoms with van der Waals surface area (Å²) in [4.78, 5) is 10.4. The third-order valence-corrected chi connectivity index (χ3v) is 4.30. The lowest BCUT2D eigenvalue weighted by molar-refractivity contribution is -0.137. The number of sulfonamides is 1. The van der Waals surface area contributed by atoms with Crippen LogP contribution in [-0.4, -0.2) is 25.5 Å². The molecule has 0 radical (unpaired) electrons. The second kappa shape index (κ2) is 7.76. The highest BCUT2D eigenvalue weighted by Gasteiger charge is 2.15. The summed E-state index contributed by atoms with van der Waals surface area (Å²) < 4.78 is 26.5. The van der Waals surface area contributed by atoms with E-state index in [4.69, 9.17) is 10.4 Å². The average molecular weight is 310 g/mol. The van der Waals surface area contributed by atoms with E-state index in [9.17, 15) is 13.2 Å². The molecular formula is C14H18N2O4S. The van der Waals surface area contributed by atoms with Crippen LogP contribution >= 0.6 is 0 Å². The first-order valence-electron chi connectivity index (χ1n) is 6.53. The van der Waals surface area contributed by atoms with Gasteiger partial charge in [0.25, 0.3) is 0 Å². The topological polar surface area (TPSA) is 107 Å². The molecule has 0 aliphatic carbocycles. The molecule has 0 saturated heterocycles. The van der Waals surface area contributed by atoms with Crippen LogP contribution in [0.4, 0.5) is 0 Å². The molecule has 7 heteroatoms. The molecule has 0 aliphatic heterocycles. The SMILES string of the molecule is CC(CCCC(=O)O)NS(=O)(=O)Cc1cccc(C#N)c1. The fourth-order valence-electron chi connectivity index (χ4n) is 1.92. The minimum absolute atomic E-state index is 0.0241. The van der Waals surface area contributed by atoms with Crippen molar-refractivity contribution >= 4 is 16.0 Å². The molecule has 0 aromatic heterocycles. The molecule has 0 spiro atoms. The predicted octanol–water partition coefficient (Wildman–Crippen LogP) is 1.62. The number of hydrogen-bond donors (Lipinski definition) is 2. The molecule has 114 valence electrons. The van der Waals surface area contributed by atoms with Gasteiger partial charge < -0.3 is 5.11 Å². The van der Waals surface area contributed by atoms with Crippen molar-refractivity contribution < 1.29 is 18.3 Å². The third-order valence-electron chi connectivity index (χ3n) is 2.82. The normalized spacial score (nSPS) is 12.6. The molecule has 1 aromatic rings. The molecular weight excluding hydrogens is 292 g/mol. The van der Waals surface area contributed by atoms with Crippen LogP contribution in [-0.2, 0) is 20.6 Å². The number of benzene rings is 1. The molecule has 1 aromatic carbocycles. The third kappa shape index (κ3) is 6.88. The number of nitriles is 1. The van der Waals surface area contributed by atoms with Crippen molar-refractivity contribution in [2.45, 2.75) is 38.0 Å². The summed E-state index contributed by atoms with van der Waals surface area (Å²) in [5.41, 5.74) is 0.955. The summed E-state index contributed by atoms with van der Waals surface area (Å²) in [6, 6.07) is 8.07. The van der Waals surface area contributed by atoms with Crippen molar-refractivity contribution in [2.24, 2.45) is 0 Å². The van der Waals surface area contributed by atoms with Gasteiger partial charge in [0.05, 0.1) is 17.4 Å². The van der Waals surface area contributed by atoms with Crippen molar-refractivity contribution in [2.75, 3.05) is 0 Å². The summed E-state index contributed by atoms with van der Waals surface area (Å²) in [5, 5.41) is 17.3. The monoisotopic (exact) mass is 310 g/mol. The summed E-state index contributed by atoms with van der Waals surface area (Å²) in [6.45, 7) is 1.70. The van der Waals surface area contributed by atoms with Gasteiger partial charge >= 0.3 is 5.97 Å². The Hall–Kier alpha value is -1.91. The Balaban J connectivity index is 2.57. The van der Waals surface area contributed by atoms with Gasteiger partial charge in [0, 0.05) is 12.5 Å². The van der Waals surface area contributed by atoms with E-state index in [1.54, 1.807) is 25.1 Å². The van der Waals surface area contributed by atoms with Crippen LogP contribution in [0.3, 0.4) is 0 Å². The number of carboxylic acid groups (broad SMARTS) is 1. The Morgan fingerprint density at radius 2 is 2.19 bits per heavy atom. The van der Waals surface area contributed by atoms with Gasteiger partial charge in [-0.2, -0.15) is 5.26 Å². The lowest BCUT2D eigenvalue weighted by Gasteiger charge is -2.13. The molecule has 0 fully saturated rings. The van der Waals surface area contributed by atoms with Gasteiger partial charge in [-0.1, -0.05) is 12.1 Å². The summed E-state index contributed by atoms with van der Waals surface area (Å²) >= 11 is 0. The Morgan fingerprint density at radius 3 is 2.81 bits per heavy atom. The van der Waals surface area contributed by atoms with E-state index < -0.39 is 16.0 Å². The zero-order valence-corrected chi connectivity index (χ0v) is 12.6. The number of nitrogens with zero attached hydrogens (tertiary/aromatic N) is 1. The molecule has 6 nitrogen and oxygen atoms in total. The van der Waals surface area contributed by atoms with Gasteiger partial charge in [-0.3, -0.25) is 4.79 Å². The van der Waals surface area contributed by atoms with Gasteiger partial charge in [0.15, 0.2) is 0 Å². The standard InChI is InChI=1S/C14H18N2O4S/c1-11(4-2-7-14(17)18)16-21(19,20)10-13-6-3-5-12(8-13)9-15/h3,5-6,8,11,16H,2,4,7,10H2,1H3,(H,17,18). The van der Waals surface area contributed by atoms with Crippen molar-refractivity contribution in [3.63, 3.8) is 0 Å². The highest BCUT2D eigenvalue weighted by atomic mass is 32.2. The van der Waals surface area contributed by atoms with Crippen molar-refractivity contribution in [1.82, 2.24) is 4.72 Å². The quantitative estimate of drug-likeness (QED) is 0.758. The van der Waals surface area contributed by atoms with Gasteiger partial charge in [-0.05, 0) is 37.5 Å². The van der Waals surface area contributed by atoms with Crippen LogP contribution < -0.4 is 4.72 Å². The van der Waals surface area contributed by atoms with Crippen molar-refractivity contribution in [3.05, 3.63) is 35.4 Å². The van der Waals surface area contributed by atoms with Gasteiger partial charge in [0.1, 0.15) is 0 Å². The Morgan fingerprint density at radius 1 is 1.48 bits per heavy atom. The van der Waals surface area contributed by atoms with Crippen LogP contribution in [0.5, 0.6) is 0 Å². The van der Waals surface area contributed by atoms with E-state index in [1.807, 2.05) is 6.07 Å². The summed E-state index contributed by atoms with van der Waals surface area (Å²) in [6.07, 6.45) is 0.906. The summed E-state index contributed by atoms with van der Waals surface area (Å²) in [7, 11) is -3.52. The minimum atomic E-state index is -3.52. The molecule has 1 atom stereocenters. The molecule has 1 unspecified atom stereocenters. The molecule has 0 bridgehead atoms. The van der Waals surface area contributed by atoms with Gasteiger partial charge in [-0.15, -0.1) is 0 Å². The fraction of sp³-hybridized carbons (Fsp3) is 0.429. The Kier molecular flexibility index (Phi) is 6.34. The van der Waals surface area contributed by atoms with Crippen LogP contribution in [0.2, 0.25) is 0 Å². The van der Waals surface area contributed by atoms with Crippen molar-refractivity contribution in [3.8, 4) is 6.07 Å². The first-order valence-corrected chi connectivity index (χ1v) is 8.18. The van der Waals surface area contributed by atoms with Gasteiger partial charge in [0.2, 0.25) is 10.0 Å². The van der Waals surface area contributed by atoms with Crippen LogP contribution in [0.1, 0.15) is 37.3 Å². The van der Waals surface area contributed by atoms with E-state index in [-0.39, 0.29) is 18.2 Å². The minimum Gasteiger partial charge on any atom is -0.481 e. The average Bonchev–Trinajstić information content (AvgIpc) is 2.37. The zero-order valence-electron chi connectivity index (χ0n) is 11.7. The maximum atomic E-state index is 12.0. The molecule has 21 heavy (non-hydrogen) atoms. The molecule has 0 aliphatic rings. The van der Waals surface area contributed by atoms with Crippen LogP contribution in [0.15, 0.2) is 24.3 Å².